The molecule has 7 nitrogen and oxygen atoms in total. The number of nitrogens with two attached hydrogens (primary N) is 1. The standard InChI is InChI=1S/C21H16BrF2N5O2/c22-12-6-9-17(31-20(23)24)16(10-12)27-21(30)26-13-7-4-11(5-8-13)14-2-1-3-15-18(14)19(25)29-28-15/h1-10,20H,(H3,25,28,29)(H2,26,27,30). The predicted octanol–water partition coefficient (Wildman–Crippen LogP) is 5.82. The molecule has 31 heavy (non-hydrogen) atoms. The molecule has 0 bridgehead atoms. The molecule has 158 valence electrons. The van der Waals surface area contributed by atoms with E-state index >= 15 is 0 Å². The molecule has 0 aliphatic heterocycles. The molecule has 3 aromatic carbocycles. The third kappa shape index (κ3) is 4.58. The third-order valence-electron chi connectivity index (χ3n) is 4.48. The lowest BCUT2D eigenvalue weighted by atomic mass is 10.0. The van der Waals surface area contributed by atoms with E-state index in [0.717, 1.165) is 22.0 Å². The van der Waals surface area contributed by atoms with Crippen molar-refractivity contribution in [2.45, 2.75) is 6.61 Å². The van der Waals surface area contributed by atoms with Crippen LogP contribution in [0.4, 0.5) is 30.8 Å². The molecular weight excluding hydrogens is 472 g/mol. The zero-order valence-electron chi connectivity index (χ0n) is 15.8. The quantitative estimate of drug-likeness (QED) is 0.284. The number of amides is 2. The molecule has 2 amide bonds. The van der Waals surface area contributed by atoms with Crippen LogP contribution < -0.4 is 21.1 Å². The number of aromatic amines is 1. The summed E-state index contributed by atoms with van der Waals surface area (Å²) in [5, 5.41) is 12.9. The van der Waals surface area contributed by atoms with Gasteiger partial charge in [0.1, 0.15) is 5.75 Å². The van der Waals surface area contributed by atoms with Crippen LogP contribution in [0.15, 0.2) is 65.1 Å². The topological polar surface area (TPSA) is 105 Å². The number of H-pyrrole nitrogens is 1. The molecule has 0 saturated heterocycles. The maximum Gasteiger partial charge on any atom is 0.387 e. The number of fused-ring (bicyclic) bond motifs is 1. The Hall–Kier alpha value is -3.66. The number of alkyl halides is 2. The number of halogens is 3. The van der Waals surface area contributed by atoms with Crippen molar-refractivity contribution in [3.05, 3.63) is 65.1 Å². The van der Waals surface area contributed by atoms with Gasteiger partial charge < -0.3 is 21.1 Å². The minimum absolute atomic E-state index is 0.103. The lowest BCUT2D eigenvalue weighted by Gasteiger charge is -2.13. The number of nitrogens with zero attached hydrogens (tertiary/aromatic N) is 1. The molecule has 0 saturated carbocycles. The first-order chi connectivity index (χ1) is 14.9. The summed E-state index contributed by atoms with van der Waals surface area (Å²) in [4.78, 5) is 12.4. The molecule has 4 rings (SSSR count). The van der Waals surface area contributed by atoms with Gasteiger partial charge in [0.2, 0.25) is 0 Å². The lowest BCUT2D eigenvalue weighted by Crippen LogP contribution is -2.20. The van der Waals surface area contributed by atoms with Gasteiger partial charge >= 0.3 is 12.6 Å². The van der Waals surface area contributed by atoms with Gasteiger partial charge in [0.25, 0.3) is 0 Å². The van der Waals surface area contributed by atoms with E-state index < -0.39 is 12.6 Å². The predicted molar refractivity (Wildman–Crippen MR) is 119 cm³/mol. The summed E-state index contributed by atoms with van der Waals surface area (Å²) >= 11 is 3.24. The number of anilines is 3. The van der Waals surface area contributed by atoms with Gasteiger partial charge in [-0.1, -0.05) is 40.2 Å². The van der Waals surface area contributed by atoms with Crippen molar-refractivity contribution in [2.24, 2.45) is 0 Å². The molecule has 4 aromatic rings. The molecule has 0 aliphatic carbocycles. The van der Waals surface area contributed by atoms with Crippen LogP contribution in [0.2, 0.25) is 0 Å². The molecule has 5 N–H and O–H groups in total. The molecule has 0 atom stereocenters. The molecule has 10 heteroatoms. The Morgan fingerprint density at radius 2 is 1.87 bits per heavy atom. The van der Waals surface area contributed by atoms with Crippen molar-refractivity contribution >= 4 is 50.1 Å². The highest BCUT2D eigenvalue weighted by Gasteiger charge is 2.13. The smallest absolute Gasteiger partial charge is 0.387 e. The summed E-state index contributed by atoms with van der Waals surface area (Å²) in [7, 11) is 0. The highest BCUT2D eigenvalue weighted by molar-refractivity contribution is 9.10. The van der Waals surface area contributed by atoms with Crippen LogP contribution in [0.5, 0.6) is 5.75 Å². The average molecular weight is 488 g/mol. The Morgan fingerprint density at radius 1 is 1.10 bits per heavy atom. The fourth-order valence-corrected chi connectivity index (χ4v) is 3.52. The average Bonchev–Trinajstić information content (AvgIpc) is 3.11. The van der Waals surface area contributed by atoms with E-state index in [-0.39, 0.29) is 11.4 Å². The van der Waals surface area contributed by atoms with Gasteiger partial charge in [-0.15, -0.1) is 0 Å². The van der Waals surface area contributed by atoms with E-state index in [1.165, 1.54) is 18.2 Å². The summed E-state index contributed by atoms with van der Waals surface area (Å²) in [5.74, 6) is 0.262. The number of hydrogen-bond donors (Lipinski definition) is 4. The summed E-state index contributed by atoms with van der Waals surface area (Å²) in [6.07, 6.45) is 0. The van der Waals surface area contributed by atoms with Crippen molar-refractivity contribution in [2.75, 3.05) is 16.4 Å². The number of nitrogens with one attached hydrogen (secondary N) is 3. The summed E-state index contributed by atoms with van der Waals surface area (Å²) in [6.45, 7) is -3.01. The van der Waals surface area contributed by atoms with Crippen molar-refractivity contribution in [1.82, 2.24) is 10.2 Å². The zero-order valence-corrected chi connectivity index (χ0v) is 17.4. The van der Waals surface area contributed by atoms with Gasteiger partial charge in [-0.2, -0.15) is 13.9 Å². The molecule has 0 unspecified atom stereocenters. The first-order valence-electron chi connectivity index (χ1n) is 9.06. The van der Waals surface area contributed by atoms with E-state index in [0.29, 0.717) is 16.0 Å². The van der Waals surface area contributed by atoms with Crippen molar-refractivity contribution in [3.8, 4) is 16.9 Å². The maximum absolute atomic E-state index is 12.6. The maximum atomic E-state index is 12.6. The monoisotopic (exact) mass is 487 g/mol. The minimum atomic E-state index is -3.01. The lowest BCUT2D eigenvalue weighted by molar-refractivity contribution is -0.0493. The Morgan fingerprint density at radius 3 is 2.61 bits per heavy atom. The number of benzene rings is 3. The van der Waals surface area contributed by atoms with Crippen LogP contribution in [0.3, 0.4) is 0 Å². The van der Waals surface area contributed by atoms with Gasteiger partial charge in [0, 0.05) is 10.2 Å². The van der Waals surface area contributed by atoms with Gasteiger partial charge in [-0.05, 0) is 47.5 Å². The van der Waals surface area contributed by atoms with Crippen LogP contribution in [0.1, 0.15) is 0 Å². The second-order valence-electron chi connectivity index (χ2n) is 6.51. The Labute approximate surface area is 183 Å². The highest BCUT2D eigenvalue weighted by Crippen LogP contribution is 2.32. The van der Waals surface area contributed by atoms with Crippen LogP contribution in [-0.2, 0) is 0 Å². The normalized spacial score (nSPS) is 11.0. The van der Waals surface area contributed by atoms with Crippen molar-refractivity contribution in [3.63, 3.8) is 0 Å². The van der Waals surface area contributed by atoms with Gasteiger partial charge in [-0.25, -0.2) is 4.79 Å². The van der Waals surface area contributed by atoms with Gasteiger partial charge in [0.05, 0.1) is 16.6 Å². The molecule has 0 radical (unpaired) electrons. The second kappa shape index (κ2) is 8.60. The van der Waals surface area contributed by atoms with E-state index in [4.69, 9.17) is 5.73 Å². The Balaban J connectivity index is 1.50. The second-order valence-corrected chi connectivity index (χ2v) is 7.43. The van der Waals surface area contributed by atoms with Crippen molar-refractivity contribution < 1.29 is 18.3 Å². The van der Waals surface area contributed by atoms with Gasteiger partial charge in [0.15, 0.2) is 5.82 Å². The van der Waals surface area contributed by atoms with Gasteiger partial charge in [-0.3, -0.25) is 5.10 Å². The van der Waals surface area contributed by atoms with Crippen LogP contribution in [0.25, 0.3) is 22.0 Å². The first-order valence-corrected chi connectivity index (χ1v) is 9.85. The number of rotatable bonds is 5. The molecule has 0 spiro atoms. The number of ether oxygens (including phenoxy) is 1. The number of carbonyl (C=O) groups is 1. The minimum Gasteiger partial charge on any atom is -0.433 e. The van der Waals surface area contributed by atoms with Crippen LogP contribution in [-0.4, -0.2) is 22.8 Å². The fraction of sp³-hybridized carbons (Fsp3) is 0.0476. The molecule has 0 aliphatic rings. The van der Waals surface area contributed by atoms with E-state index in [9.17, 15) is 13.6 Å². The number of hydrogen-bond acceptors (Lipinski definition) is 4. The summed E-state index contributed by atoms with van der Waals surface area (Å²) in [6, 6.07) is 16.6. The molecule has 0 fully saturated rings. The number of aromatic nitrogens is 2. The molecule has 1 aromatic heterocycles. The Bertz CT molecular complexity index is 1240. The summed E-state index contributed by atoms with van der Waals surface area (Å²) in [5.41, 5.74) is 9.21. The molecular formula is C21H16BrF2N5O2. The largest absolute Gasteiger partial charge is 0.433 e. The van der Waals surface area contributed by atoms with E-state index in [2.05, 4.69) is 41.5 Å². The van der Waals surface area contributed by atoms with Crippen LogP contribution in [0, 0.1) is 0 Å². The van der Waals surface area contributed by atoms with Crippen molar-refractivity contribution in [1.29, 1.82) is 0 Å². The number of nitrogen functional groups attached to an aromatic ring is 1. The van der Waals surface area contributed by atoms with Crippen LogP contribution >= 0.6 is 15.9 Å². The highest BCUT2D eigenvalue weighted by atomic mass is 79.9. The Kier molecular flexibility index (Phi) is 5.72. The van der Waals surface area contributed by atoms with E-state index in [1.807, 2.05) is 30.3 Å². The summed E-state index contributed by atoms with van der Waals surface area (Å²) < 4.78 is 30.2. The first kappa shape index (κ1) is 20.6. The fourth-order valence-electron chi connectivity index (χ4n) is 3.15. The zero-order chi connectivity index (χ0) is 22.0. The van der Waals surface area contributed by atoms with E-state index in [1.54, 1.807) is 12.1 Å². The number of urea groups is 1. The number of carbonyl (C=O) groups excluding carboxylic acids is 1. The third-order valence-corrected chi connectivity index (χ3v) is 4.97. The SMILES string of the molecule is Nc1n[nH]c2cccc(-c3ccc(NC(=O)Nc4cc(Br)ccc4OC(F)F)cc3)c12. The molecule has 1 heterocycles.